The number of fused-ring (bicyclic) bond motifs is 1. The molecule has 2 heterocycles. The first-order valence-electron chi connectivity index (χ1n) is 6.28. The van der Waals surface area contributed by atoms with Crippen LogP contribution >= 0.6 is 12.2 Å². The van der Waals surface area contributed by atoms with Crippen molar-refractivity contribution in [1.82, 2.24) is 14.1 Å². The highest BCUT2D eigenvalue weighted by molar-refractivity contribution is 7.71. The zero-order valence-electron chi connectivity index (χ0n) is 11.3. The van der Waals surface area contributed by atoms with Gasteiger partial charge >= 0.3 is 6.18 Å². The molecule has 2 aromatic heterocycles. The molecule has 0 fully saturated rings. The molecule has 0 spiro atoms. The lowest BCUT2D eigenvalue weighted by atomic mass is 10.2. The van der Waals surface area contributed by atoms with Crippen molar-refractivity contribution in [3.05, 3.63) is 57.1 Å². The Labute approximate surface area is 127 Å². The summed E-state index contributed by atoms with van der Waals surface area (Å²) in [5.74, 6) is 0. The number of halogens is 3. The third-order valence-corrected chi connectivity index (χ3v) is 3.81. The van der Waals surface area contributed by atoms with E-state index in [9.17, 15) is 18.0 Å². The molecular formula is C14H10F3N3OS. The number of nitrogens with zero attached hydrogens (tertiary/aromatic N) is 2. The number of para-hydroxylation sites is 1. The highest BCUT2D eigenvalue weighted by Crippen LogP contribution is 2.34. The van der Waals surface area contributed by atoms with E-state index in [4.69, 9.17) is 12.2 Å². The average Bonchev–Trinajstić information content (AvgIpc) is 2.70. The predicted molar refractivity (Wildman–Crippen MR) is 78.7 cm³/mol. The fourth-order valence-corrected chi connectivity index (χ4v) is 2.70. The Morgan fingerprint density at radius 1 is 1.18 bits per heavy atom. The van der Waals surface area contributed by atoms with Gasteiger partial charge in [-0.25, -0.2) is 0 Å². The SMILES string of the molecule is Cn1c(=S)n(-c2ccccc2)c2[nH]c(=O)cc(C(F)(F)F)c21. The quantitative estimate of drug-likeness (QED) is 0.697. The highest BCUT2D eigenvalue weighted by Gasteiger charge is 2.35. The zero-order valence-corrected chi connectivity index (χ0v) is 12.1. The van der Waals surface area contributed by atoms with Crippen molar-refractivity contribution in [2.75, 3.05) is 0 Å². The molecule has 0 aliphatic rings. The summed E-state index contributed by atoms with van der Waals surface area (Å²) in [4.78, 5) is 14.1. The van der Waals surface area contributed by atoms with E-state index in [0.29, 0.717) is 11.8 Å². The molecule has 0 bridgehead atoms. The minimum atomic E-state index is -4.64. The number of imidazole rings is 1. The zero-order chi connectivity index (χ0) is 16.1. The Bertz CT molecular complexity index is 967. The number of hydrogen-bond acceptors (Lipinski definition) is 2. The molecule has 3 aromatic rings. The Morgan fingerprint density at radius 3 is 2.41 bits per heavy atom. The van der Waals surface area contributed by atoms with Crippen LogP contribution in [0.5, 0.6) is 0 Å². The number of aryl methyl sites for hydroxylation is 1. The van der Waals surface area contributed by atoms with Gasteiger partial charge in [0.15, 0.2) is 4.77 Å². The van der Waals surface area contributed by atoms with E-state index >= 15 is 0 Å². The maximum absolute atomic E-state index is 13.2. The second-order valence-corrected chi connectivity index (χ2v) is 5.12. The first-order chi connectivity index (χ1) is 10.3. The van der Waals surface area contributed by atoms with Crippen LogP contribution in [0.3, 0.4) is 0 Å². The van der Waals surface area contributed by atoms with Gasteiger partial charge in [0.2, 0.25) is 5.56 Å². The number of benzene rings is 1. The monoisotopic (exact) mass is 325 g/mol. The van der Waals surface area contributed by atoms with Crippen LogP contribution in [-0.4, -0.2) is 14.1 Å². The van der Waals surface area contributed by atoms with Crippen LogP contribution in [0.4, 0.5) is 13.2 Å². The molecule has 0 atom stereocenters. The maximum atomic E-state index is 13.2. The van der Waals surface area contributed by atoms with E-state index < -0.39 is 17.3 Å². The third-order valence-electron chi connectivity index (χ3n) is 3.35. The smallest absolute Gasteiger partial charge is 0.318 e. The highest BCUT2D eigenvalue weighted by atomic mass is 32.1. The van der Waals surface area contributed by atoms with Crippen LogP contribution in [0.15, 0.2) is 41.2 Å². The van der Waals surface area contributed by atoms with Crippen LogP contribution in [0.25, 0.3) is 16.9 Å². The number of nitrogens with one attached hydrogen (secondary N) is 1. The first kappa shape index (κ1) is 14.6. The normalized spacial score (nSPS) is 12.0. The minimum absolute atomic E-state index is 0.0264. The van der Waals surface area contributed by atoms with Crippen LogP contribution in [0, 0.1) is 4.77 Å². The fourth-order valence-electron chi connectivity index (χ4n) is 2.41. The van der Waals surface area contributed by atoms with E-state index in [-0.39, 0.29) is 15.9 Å². The number of aromatic amines is 1. The number of pyridine rings is 1. The summed E-state index contributed by atoms with van der Waals surface area (Å²) in [6, 6.07) is 9.21. The van der Waals surface area contributed by atoms with E-state index in [2.05, 4.69) is 4.98 Å². The molecule has 0 amide bonds. The van der Waals surface area contributed by atoms with Gasteiger partial charge in [0.1, 0.15) is 5.65 Å². The van der Waals surface area contributed by atoms with Gasteiger partial charge in [-0.05, 0) is 24.4 Å². The molecule has 0 radical (unpaired) electrons. The average molecular weight is 325 g/mol. The van der Waals surface area contributed by atoms with Crippen molar-refractivity contribution >= 4 is 23.4 Å². The van der Waals surface area contributed by atoms with E-state index in [1.165, 1.54) is 16.2 Å². The van der Waals surface area contributed by atoms with Crippen molar-refractivity contribution in [3.8, 4) is 5.69 Å². The minimum Gasteiger partial charge on any atom is -0.318 e. The summed E-state index contributed by atoms with van der Waals surface area (Å²) in [5, 5.41) is 0. The molecule has 0 aliphatic heterocycles. The molecular weight excluding hydrogens is 315 g/mol. The van der Waals surface area contributed by atoms with Gasteiger partial charge in [-0.1, -0.05) is 18.2 Å². The molecule has 1 aromatic carbocycles. The largest absolute Gasteiger partial charge is 0.418 e. The molecule has 0 saturated heterocycles. The van der Waals surface area contributed by atoms with Crippen LogP contribution in [0.1, 0.15) is 5.56 Å². The summed E-state index contributed by atoms with van der Waals surface area (Å²) >= 11 is 5.24. The summed E-state index contributed by atoms with van der Waals surface area (Å²) < 4.78 is 42.5. The van der Waals surface area contributed by atoms with Crippen molar-refractivity contribution in [2.24, 2.45) is 7.05 Å². The Balaban J connectivity index is 2.53. The summed E-state index contributed by atoms with van der Waals surface area (Å²) in [5.41, 5.74) is -1.38. The van der Waals surface area contributed by atoms with E-state index in [1.807, 2.05) is 0 Å². The van der Waals surface area contributed by atoms with Crippen molar-refractivity contribution < 1.29 is 13.2 Å². The number of hydrogen-bond donors (Lipinski definition) is 1. The van der Waals surface area contributed by atoms with Gasteiger partial charge in [-0.2, -0.15) is 13.2 Å². The molecule has 0 saturated carbocycles. The van der Waals surface area contributed by atoms with Gasteiger partial charge < -0.3 is 9.55 Å². The maximum Gasteiger partial charge on any atom is 0.418 e. The lowest BCUT2D eigenvalue weighted by Gasteiger charge is -2.09. The molecule has 0 aliphatic carbocycles. The van der Waals surface area contributed by atoms with Crippen molar-refractivity contribution in [2.45, 2.75) is 6.18 Å². The Kier molecular flexibility index (Phi) is 3.21. The van der Waals surface area contributed by atoms with Gasteiger partial charge in [-0.3, -0.25) is 9.36 Å². The number of rotatable bonds is 1. The number of alkyl halides is 3. The Morgan fingerprint density at radius 2 is 1.82 bits per heavy atom. The van der Waals surface area contributed by atoms with E-state index in [0.717, 1.165) is 0 Å². The van der Waals surface area contributed by atoms with Gasteiger partial charge in [0.25, 0.3) is 0 Å². The van der Waals surface area contributed by atoms with Gasteiger partial charge in [0, 0.05) is 18.8 Å². The lowest BCUT2D eigenvalue weighted by Crippen LogP contribution is -2.15. The molecule has 4 nitrogen and oxygen atoms in total. The fraction of sp³-hybridized carbons (Fsp3) is 0.143. The van der Waals surface area contributed by atoms with Crippen molar-refractivity contribution in [3.63, 3.8) is 0 Å². The molecule has 114 valence electrons. The Hall–Kier alpha value is -2.35. The second kappa shape index (κ2) is 4.84. The number of H-pyrrole nitrogens is 1. The topological polar surface area (TPSA) is 42.7 Å². The lowest BCUT2D eigenvalue weighted by molar-refractivity contribution is -0.136. The summed E-state index contributed by atoms with van der Waals surface area (Å²) in [7, 11) is 1.44. The first-order valence-corrected chi connectivity index (χ1v) is 6.69. The number of aromatic nitrogens is 3. The summed E-state index contributed by atoms with van der Waals surface area (Å²) in [6.45, 7) is 0. The predicted octanol–water partition coefficient (Wildman–Crippen LogP) is 3.41. The van der Waals surface area contributed by atoms with Gasteiger partial charge in [0.05, 0.1) is 11.1 Å². The van der Waals surface area contributed by atoms with Crippen molar-refractivity contribution in [1.29, 1.82) is 0 Å². The van der Waals surface area contributed by atoms with Crippen LogP contribution in [0.2, 0.25) is 0 Å². The van der Waals surface area contributed by atoms with Crippen LogP contribution < -0.4 is 5.56 Å². The van der Waals surface area contributed by atoms with E-state index in [1.54, 1.807) is 30.3 Å². The second-order valence-electron chi connectivity index (χ2n) is 4.75. The molecule has 3 rings (SSSR count). The standard InChI is InChI=1S/C14H10F3N3OS/c1-19-11-9(14(15,16)17)7-10(21)18-12(11)20(13(19)22)8-5-3-2-4-6-8/h2-7H,1H3,(H,18,21). The van der Waals surface area contributed by atoms with Crippen LogP contribution in [-0.2, 0) is 13.2 Å². The van der Waals surface area contributed by atoms with Gasteiger partial charge in [-0.15, -0.1) is 0 Å². The molecule has 0 unspecified atom stereocenters. The third kappa shape index (κ3) is 2.16. The molecule has 22 heavy (non-hydrogen) atoms. The summed E-state index contributed by atoms with van der Waals surface area (Å²) in [6.07, 6.45) is -4.64. The molecule has 8 heteroatoms. The molecule has 1 N–H and O–H groups in total.